The Balaban J connectivity index is 1.97. The summed E-state index contributed by atoms with van der Waals surface area (Å²) in [4.78, 5) is 20.8. The lowest BCUT2D eigenvalue weighted by Gasteiger charge is -2.37. The van der Waals surface area contributed by atoms with Crippen molar-refractivity contribution >= 4 is 17.3 Å². The van der Waals surface area contributed by atoms with Gasteiger partial charge in [0.25, 0.3) is 5.91 Å². The molecule has 2 aromatic rings. The molecule has 1 aromatic heterocycles. The van der Waals surface area contributed by atoms with E-state index < -0.39 is 0 Å². The zero-order valence-corrected chi connectivity index (χ0v) is 13.4. The largest absolute Gasteiger partial charge is 0.368 e. The number of aromatic nitrogens is 1. The Labute approximate surface area is 135 Å². The molecule has 1 aliphatic rings. The molecule has 120 valence electrons. The van der Waals surface area contributed by atoms with Crippen molar-refractivity contribution in [3.05, 3.63) is 53.6 Å². The van der Waals surface area contributed by atoms with Crippen LogP contribution in [0.3, 0.4) is 0 Å². The first-order chi connectivity index (χ1) is 11.1. The molecule has 0 N–H and O–H groups in total. The minimum Gasteiger partial charge on any atom is -0.368 e. The van der Waals surface area contributed by atoms with E-state index in [0.29, 0.717) is 17.8 Å². The van der Waals surface area contributed by atoms with E-state index in [2.05, 4.69) is 16.8 Å². The predicted octanol–water partition coefficient (Wildman–Crippen LogP) is 3.41. The first-order valence-corrected chi connectivity index (χ1v) is 7.89. The smallest absolute Gasteiger partial charge is 0.259 e. The van der Waals surface area contributed by atoms with Gasteiger partial charge in [0.05, 0.1) is 16.9 Å². The summed E-state index contributed by atoms with van der Waals surface area (Å²) in [5.41, 5.74) is 2.93. The van der Waals surface area contributed by atoms with Gasteiger partial charge in [-0.3, -0.25) is 9.78 Å². The van der Waals surface area contributed by atoms with Crippen molar-refractivity contribution in [1.29, 1.82) is 0 Å². The molecule has 0 fully saturated rings. The number of hydrogen-bond acceptors (Lipinski definition) is 3. The predicted molar refractivity (Wildman–Crippen MR) is 89.6 cm³/mol. The molecule has 3 rings (SSSR count). The Morgan fingerprint density at radius 1 is 1.22 bits per heavy atom. The van der Waals surface area contributed by atoms with E-state index in [1.807, 2.05) is 13.0 Å². The Bertz CT molecular complexity index is 715. The molecule has 1 aromatic carbocycles. The Hall–Kier alpha value is -2.43. The molecule has 23 heavy (non-hydrogen) atoms. The molecule has 4 nitrogen and oxygen atoms in total. The summed E-state index contributed by atoms with van der Waals surface area (Å²) < 4.78 is 13.7. The first-order valence-electron chi connectivity index (χ1n) is 7.89. The van der Waals surface area contributed by atoms with Crippen LogP contribution in [0.1, 0.15) is 29.4 Å². The standard InChI is InChI=1S/C18H20FN3O/c1-3-8-21-9-10-22(17-11-15(19)6-7-16(17)21)18(23)14-5-4-13(2)20-12-14/h4-7,11-12H,3,8-10H2,1-2H3. The quantitative estimate of drug-likeness (QED) is 0.871. The summed E-state index contributed by atoms with van der Waals surface area (Å²) in [6, 6.07) is 8.22. The van der Waals surface area contributed by atoms with Crippen molar-refractivity contribution in [2.75, 3.05) is 29.4 Å². The summed E-state index contributed by atoms with van der Waals surface area (Å²) in [5, 5.41) is 0. The summed E-state index contributed by atoms with van der Waals surface area (Å²) in [5.74, 6) is -0.470. The van der Waals surface area contributed by atoms with Crippen LogP contribution >= 0.6 is 0 Å². The molecule has 0 bridgehead atoms. The topological polar surface area (TPSA) is 36.4 Å². The Morgan fingerprint density at radius 2 is 2.04 bits per heavy atom. The molecule has 0 radical (unpaired) electrons. The van der Waals surface area contributed by atoms with Crippen LogP contribution in [0.5, 0.6) is 0 Å². The normalized spacial score (nSPS) is 13.9. The van der Waals surface area contributed by atoms with Crippen molar-refractivity contribution in [3.63, 3.8) is 0 Å². The lowest BCUT2D eigenvalue weighted by molar-refractivity contribution is 0.0986. The van der Waals surface area contributed by atoms with Crippen molar-refractivity contribution in [2.24, 2.45) is 0 Å². The van der Waals surface area contributed by atoms with E-state index >= 15 is 0 Å². The van der Waals surface area contributed by atoms with Crippen LogP contribution in [-0.4, -0.2) is 30.5 Å². The molecule has 2 heterocycles. The molecule has 0 saturated heterocycles. The van der Waals surface area contributed by atoms with Gasteiger partial charge in [0.2, 0.25) is 0 Å². The molecule has 0 atom stereocenters. The van der Waals surface area contributed by atoms with Gasteiger partial charge in [-0.15, -0.1) is 0 Å². The number of benzene rings is 1. The third kappa shape index (κ3) is 3.04. The maximum atomic E-state index is 13.7. The maximum Gasteiger partial charge on any atom is 0.259 e. The van der Waals surface area contributed by atoms with Crippen LogP contribution in [0.2, 0.25) is 0 Å². The van der Waals surface area contributed by atoms with Crippen molar-refractivity contribution in [1.82, 2.24) is 4.98 Å². The second kappa shape index (κ2) is 6.36. The molecule has 5 heteroatoms. The highest BCUT2D eigenvalue weighted by Crippen LogP contribution is 2.34. The van der Waals surface area contributed by atoms with Gasteiger partial charge < -0.3 is 9.80 Å². The van der Waals surface area contributed by atoms with Gasteiger partial charge in [0, 0.05) is 31.5 Å². The third-order valence-electron chi connectivity index (χ3n) is 4.06. The van der Waals surface area contributed by atoms with E-state index in [4.69, 9.17) is 0 Å². The summed E-state index contributed by atoms with van der Waals surface area (Å²) in [7, 11) is 0. The second-order valence-corrected chi connectivity index (χ2v) is 5.77. The van der Waals surface area contributed by atoms with E-state index in [-0.39, 0.29) is 11.7 Å². The van der Waals surface area contributed by atoms with E-state index in [9.17, 15) is 9.18 Å². The molecule has 0 unspecified atom stereocenters. The van der Waals surface area contributed by atoms with Gasteiger partial charge in [0.15, 0.2) is 0 Å². The molecule has 0 spiro atoms. The third-order valence-corrected chi connectivity index (χ3v) is 4.06. The average molecular weight is 313 g/mol. The number of rotatable bonds is 3. The number of nitrogens with zero attached hydrogens (tertiary/aromatic N) is 3. The zero-order valence-electron chi connectivity index (χ0n) is 13.4. The van der Waals surface area contributed by atoms with E-state index in [1.54, 1.807) is 23.2 Å². The van der Waals surface area contributed by atoms with Crippen LogP contribution in [0, 0.1) is 12.7 Å². The van der Waals surface area contributed by atoms with E-state index in [0.717, 1.165) is 30.9 Å². The van der Waals surface area contributed by atoms with Gasteiger partial charge >= 0.3 is 0 Å². The number of anilines is 2. The van der Waals surface area contributed by atoms with Gasteiger partial charge in [-0.2, -0.15) is 0 Å². The minimum absolute atomic E-state index is 0.138. The van der Waals surface area contributed by atoms with Gasteiger partial charge in [-0.05, 0) is 43.7 Å². The fourth-order valence-electron chi connectivity index (χ4n) is 2.91. The number of pyridine rings is 1. The number of halogens is 1. The van der Waals surface area contributed by atoms with Crippen molar-refractivity contribution in [2.45, 2.75) is 20.3 Å². The summed E-state index contributed by atoms with van der Waals surface area (Å²) in [6.07, 6.45) is 2.59. The molecule has 1 aliphatic heterocycles. The Morgan fingerprint density at radius 3 is 2.74 bits per heavy atom. The summed E-state index contributed by atoms with van der Waals surface area (Å²) >= 11 is 0. The number of carbonyl (C=O) groups excluding carboxylic acids is 1. The minimum atomic E-state index is -0.332. The van der Waals surface area contributed by atoms with Crippen LogP contribution in [0.4, 0.5) is 15.8 Å². The monoisotopic (exact) mass is 313 g/mol. The van der Waals surface area contributed by atoms with Crippen molar-refractivity contribution in [3.8, 4) is 0 Å². The lowest BCUT2D eigenvalue weighted by Crippen LogP contribution is -2.44. The van der Waals surface area contributed by atoms with Crippen LogP contribution in [0.25, 0.3) is 0 Å². The zero-order chi connectivity index (χ0) is 16.4. The lowest BCUT2D eigenvalue weighted by atomic mass is 10.1. The number of fused-ring (bicyclic) bond motifs is 1. The van der Waals surface area contributed by atoms with Gasteiger partial charge in [0.1, 0.15) is 5.82 Å². The van der Waals surface area contributed by atoms with Gasteiger partial charge in [-0.1, -0.05) is 6.92 Å². The fraction of sp³-hybridized carbons (Fsp3) is 0.333. The molecule has 1 amide bonds. The number of hydrogen-bond donors (Lipinski definition) is 0. The Kier molecular flexibility index (Phi) is 4.28. The summed E-state index contributed by atoms with van der Waals surface area (Å²) in [6.45, 7) is 6.18. The van der Waals surface area contributed by atoms with Crippen LogP contribution < -0.4 is 9.80 Å². The highest BCUT2D eigenvalue weighted by Gasteiger charge is 2.27. The first kappa shape index (κ1) is 15.5. The molecular weight excluding hydrogens is 293 g/mol. The van der Waals surface area contributed by atoms with Crippen molar-refractivity contribution < 1.29 is 9.18 Å². The SMILES string of the molecule is CCCN1CCN(C(=O)c2ccc(C)nc2)c2cc(F)ccc21. The van der Waals surface area contributed by atoms with Crippen LogP contribution in [-0.2, 0) is 0 Å². The van der Waals surface area contributed by atoms with E-state index in [1.165, 1.54) is 12.1 Å². The number of carbonyl (C=O) groups is 1. The molecular formula is C18H20FN3O. The number of amides is 1. The highest BCUT2D eigenvalue weighted by molar-refractivity contribution is 6.08. The fourth-order valence-corrected chi connectivity index (χ4v) is 2.91. The molecule has 0 aliphatic carbocycles. The number of aryl methyl sites for hydroxylation is 1. The van der Waals surface area contributed by atoms with Gasteiger partial charge in [-0.25, -0.2) is 4.39 Å². The average Bonchev–Trinajstić information content (AvgIpc) is 2.55. The molecule has 0 saturated carbocycles. The second-order valence-electron chi connectivity index (χ2n) is 5.77. The van der Waals surface area contributed by atoms with Crippen LogP contribution in [0.15, 0.2) is 36.5 Å². The maximum absolute atomic E-state index is 13.7. The highest BCUT2D eigenvalue weighted by atomic mass is 19.1.